The summed E-state index contributed by atoms with van der Waals surface area (Å²) in [6.07, 6.45) is 9.57. The van der Waals surface area contributed by atoms with E-state index in [0.29, 0.717) is 16.9 Å². The maximum absolute atomic E-state index is 12.2. The number of ether oxygens (including phenoxy) is 1. The summed E-state index contributed by atoms with van der Waals surface area (Å²) in [4.78, 5) is 12.2. The standard InChI is InChI=1S/C17H18O2/c18-16(12-4-2-1-3-5-12)19-15-9-7-13-6-8-14(15)17(13)10-11-17/h1-5,7,9,13-15H,6,8,10-11H2/t13-,14+,15-/m1/s1. The van der Waals surface area contributed by atoms with E-state index >= 15 is 0 Å². The van der Waals surface area contributed by atoms with E-state index in [4.69, 9.17) is 4.74 Å². The molecule has 0 amide bonds. The average molecular weight is 254 g/mol. The molecule has 1 aromatic rings. The van der Waals surface area contributed by atoms with Crippen LogP contribution in [0.1, 0.15) is 36.0 Å². The Morgan fingerprint density at radius 3 is 2.63 bits per heavy atom. The van der Waals surface area contributed by atoms with E-state index in [2.05, 4.69) is 12.2 Å². The summed E-state index contributed by atoms with van der Waals surface area (Å²) in [5.41, 5.74) is 1.15. The Bertz CT molecular complexity index is 527. The van der Waals surface area contributed by atoms with Crippen LogP contribution in [0.15, 0.2) is 42.5 Å². The summed E-state index contributed by atoms with van der Waals surface area (Å²) in [6.45, 7) is 0. The van der Waals surface area contributed by atoms with Crippen molar-refractivity contribution in [2.75, 3.05) is 0 Å². The molecule has 0 unspecified atom stereocenters. The SMILES string of the molecule is O=C(O[C@@H]1C=C[C@H]2CC[C@@H]1C21CC1)c1ccccc1. The van der Waals surface area contributed by atoms with Crippen molar-refractivity contribution in [2.24, 2.45) is 17.3 Å². The highest BCUT2D eigenvalue weighted by molar-refractivity contribution is 5.89. The summed E-state index contributed by atoms with van der Waals surface area (Å²) in [7, 11) is 0. The zero-order valence-electron chi connectivity index (χ0n) is 10.9. The first-order valence-electron chi connectivity index (χ1n) is 7.24. The summed E-state index contributed by atoms with van der Waals surface area (Å²) >= 11 is 0. The number of rotatable bonds is 2. The molecule has 3 atom stereocenters. The molecule has 98 valence electrons. The molecule has 3 aliphatic rings. The van der Waals surface area contributed by atoms with Crippen molar-refractivity contribution in [2.45, 2.75) is 31.8 Å². The van der Waals surface area contributed by atoms with Gasteiger partial charge in [-0.15, -0.1) is 0 Å². The predicted molar refractivity (Wildman–Crippen MR) is 72.7 cm³/mol. The largest absolute Gasteiger partial charge is 0.454 e. The van der Waals surface area contributed by atoms with Gasteiger partial charge in [-0.25, -0.2) is 4.79 Å². The third kappa shape index (κ3) is 1.66. The lowest BCUT2D eigenvalue weighted by molar-refractivity contribution is 0.0165. The molecule has 0 heterocycles. The average Bonchev–Trinajstić information content (AvgIpc) is 3.16. The van der Waals surface area contributed by atoms with Crippen molar-refractivity contribution in [3.8, 4) is 0 Å². The summed E-state index contributed by atoms with van der Waals surface area (Å²) in [5.74, 6) is 1.13. The Morgan fingerprint density at radius 2 is 1.89 bits per heavy atom. The third-order valence-electron chi connectivity index (χ3n) is 5.28. The van der Waals surface area contributed by atoms with Gasteiger partial charge in [-0.1, -0.05) is 24.3 Å². The first kappa shape index (κ1) is 11.3. The third-order valence-corrected chi connectivity index (χ3v) is 5.28. The van der Waals surface area contributed by atoms with Gasteiger partial charge in [0.1, 0.15) is 6.10 Å². The molecule has 0 N–H and O–H groups in total. The monoisotopic (exact) mass is 254 g/mol. The van der Waals surface area contributed by atoms with Crippen molar-refractivity contribution in [1.29, 1.82) is 0 Å². The normalized spacial score (nSPS) is 33.4. The van der Waals surface area contributed by atoms with Crippen molar-refractivity contribution < 1.29 is 9.53 Å². The highest BCUT2D eigenvalue weighted by Crippen LogP contribution is 2.67. The van der Waals surface area contributed by atoms with Crippen LogP contribution in [0.3, 0.4) is 0 Å². The molecular formula is C17H18O2. The van der Waals surface area contributed by atoms with Gasteiger partial charge in [0.15, 0.2) is 0 Å². The minimum absolute atomic E-state index is 0.00560. The fraction of sp³-hybridized carbons (Fsp3) is 0.471. The molecule has 0 aromatic heterocycles. The molecule has 4 rings (SSSR count). The van der Waals surface area contributed by atoms with Crippen molar-refractivity contribution in [3.63, 3.8) is 0 Å². The van der Waals surface area contributed by atoms with Crippen LogP contribution in [0.2, 0.25) is 0 Å². The van der Waals surface area contributed by atoms with Gasteiger partial charge in [0, 0.05) is 5.92 Å². The van der Waals surface area contributed by atoms with Crippen LogP contribution in [0.4, 0.5) is 0 Å². The first-order valence-corrected chi connectivity index (χ1v) is 7.24. The van der Waals surface area contributed by atoms with Crippen LogP contribution in [-0.2, 0) is 4.74 Å². The quantitative estimate of drug-likeness (QED) is 0.595. The van der Waals surface area contributed by atoms with Gasteiger partial charge in [-0.05, 0) is 55.2 Å². The molecule has 0 saturated heterocycles. The number of hydrogen-bond acceptors (Lipinski definition) is 2. The van der Waals surface area contributed by atoms with Gasteiger partial charge in [0.05, 0.1) is 5.56 Å². The predicted octanol–water partition coefficient (Wildman–Crippen LogP) is 3.59. The zero-order valence-corrected chi connectivity index (χ0v) is 10.9. The Hall–Kier alpha value is -1.57. The van der Waals surface area contributed by atoms with Crippen LogP contribution >= 0.6 is 0 Å². The molecule has 2 bridgehead atoms. The van der Waals surface area contributed by atoms with Crippen molar-refractivity contribution in [3.05, 3.63) is 48.0 Å². The molecule has 2 saturated carbocycles. The van der Waals surface area contributed by atoms with E-state index in [1.807, 2.05) is 30.3 Å². The van der Waals surface area contributed by atoms with E-state index in [0.717, 1.165) is 5.92 Å². The van der Waals surface area contributed by atoms with Crippen LogP contribution < -0.4 is 0 Å². The molecule has 19 heavy (non-hydrogen) atoms. The molecule has 2 heteroatoms. The van der Waals surface area contributed by atoms with Gasteiger partial charge in [-0.2, -0.15) is 0 Å². The fourth-order valence-electron chi connectivity index (χ4n) is 4.14. The minimum Gasteiger partial charge on any atom is -0.454 e. The molecule has 3 aliphatic carbocycles. The van der Waals surface area contributed by atoms with Gasteiger partial charge in [0.2, 0.25) is 0 Å². The first-order chi connectivity index (χ1) is 9.29. The summed E-state index contributed by atoms with van der Waals surface area (Å²) < 4.78 is 5.76. The lowest BCUT2D eigenvalue weighted by atomic mass is 9.78. The molecule has 1 spiro atoms. The number of benzene rings is 1. The molecule has 2 nitrogen and oxygen atoms in total. The number of allylic oxidation sites excluding steroid dienone is 1. The molecular weight excluding hydrogens is 236 g/mol. The second kappa shape index (κ2) is 3.96. The van der Waals surface area contributed by atoms with Gasteiger partial charge in [0.25, 0.3) is 0 Å². The molecule has 1 aromatic carbocycles. The Morgan fingerprint density at radius 1 is 1.11 bits per heavy atom. The fourth-order valence-corrected chi connectivity index (χ4v) is 4.14. The van der Waals surface area contributed by atoms with E-state index in [9.17, 15) is 4.79 Å². The second-order valence-corrected chi connectivity index (χ2v) is 6.14. The Balaban J connectivity index is 1.53. The second-order valence-electron chi connectivity index (χ2n) is 6.14. The smallest absolute Gasteiger partial charge is 0.338 e. The number of esters is 1. The van der Waals surface area contributed by atoms with Crippen molar-refractivity contribution >= 4 is 5.97 Å². The van der Waals surface area contributed by atoms with Gasteiger partial charge >= 0.3 is 5.97 Å². The summed E-state index contributed by atoms with van der Waals surface area (Å²) in [6, 6.07) is 9.30. The van der Waals surface area contributed by atoms with E-state index in [1.165, 1.54) is 25.7 Å². The zero-order chi connectivity index (χ0) is 12.9. The molecule has 0 radical (unpaired) electrons. The van der Waals surface area contributed by atoms with Gasteiger partial charge < -0.3 is 4.74 Å². The topological polar surface area (TPSA) is 26.3 Å². The van der Waals surface area contributed by atoms with Crippen molar-refractivity contribution in [1.82, 2.24) is 0 Å². The van der Waals surface area contributed by atoms with E-state index in [1.54, 1.807) is 0 Å². The van der Waals surface area contributed by atoms with Crippen LogP contribution in [0, 0.1) is 17.3 Å². The van der Waals surface area contributed by atoms with E-state index < -0.39 is 0 Å². The Labute approximate surface area is 113 Å². The van der Waals surface area contributed by atoms with Crippen LogP contribution in [-0.4, -0.2) is 12.1 Å². The highest BCUT2D eigenvalue weighted by Gasteiger charge is 2.61. The molecule has 2 fully saturated rings. The lowest BCUT2D eigenvalue weighted by Gasteiger charge is -2.32. The lowest BCUT2D eigenvalue weighted by Crippen LogP contribution is -2.33. The molecule has 0 aliphatic heterocycles. The number of carbonyl (C=O) groups excluding carboxylic acids is 1. The van der Waals surface area contributed by atoms with Crippen LogP contribution in [0.5, 0.6) is 0 Å². The Kier molecular flexibility index (Phi) is 2.35. The minimum atomic E-state index is -0.184. The number of hydrogen-bond donors (Lipinski definition) is 0. The summed E-state index contributed by atoms with van der Waals surface area (Å²) in [5, 5.41) is 0. The maximum Gasteiger partial charge on any atom is 0.338 e. The van der Waals surface area contributed by atoms with E-state index in [-0.39, 0.29) is 12.1 Å². The highest BCUT2D eigenvalue weighted by atomic mass is 16.5. The maximum atomic E-state index is 12.2. The van der Waals surface area contributed by atoms with Gasteiger partial charge in [-0.3, -0.25) is 0 Å². The number of carbonyl (C=O) groups is 1. The van der Waals surface area contributed by atoms with Crippen LogP contribution in [0.25, 0.3) is 0 Å².